The van der Waals surface area contributed by atoms with Crippen LogP contribution in [0.15, 0.2) is 0 Å². The summed E-state index contributed by atoms with van der Waals surface area (Å²) in [5.74, 6) is 0.676. The Morgan fingerprint density at radius 2 is 2.18 bits per heavy atom. The number of nitrogens with zero attached hydrogens (tertiary/aromatic N) is 2. The molecule has 5 nitrogen and oxygen atoms in total. The molecule has 0 aromatic carbocycles. The fraction of sp³-hybridized carbons (Fsp3) is 0.647. The van der Waals surface area contributed by atoms with E-state index in [0.29, 0.717) is 31.1 Å². The van der Waals surface area contributed by atoms with Crippen molar-refractivity contribution in [3.63, 3.8) is 0 Å². The third-order valence-electron chi connectivity index (χ3n) is 4.02. The summed E-state index contributed by atoms with van der Waals surface area (Å²) in [6, 6.07) is 2.33. The zero-order valence-corrected chi connectivity index (χ0v) is 13.8. The van der Waals surface area contributed by atoms with Gasteiger partial charge in [0.2, 0.25) is 0 Å². The molecule has 0 saturated heterocycles. The Labute approximate surface area is 132 Å². The number of pyridine rings is 1. The minimum Gasteiger partial charge on any atom is -0.370 e. The van der Waals surface area contributed by atoms with E-state index < -0.39 is 0 Å². The molecule has 0 spiro atoms. The lowest BCUT2D eigenvalue weighted by atomic mass is 9.87. The number of ether oxygens (including phenoxy) is 1. The molecule has 22 heavy (non-hydrogen) atoms. The second-order valence-electron chi connectivity index (χ2n) is 6.40. The molecular formula is C17H26N4O. The molecule has 0 fully saturated rings. The first-order valence-electron chi connectivity index (χ1n) is 8.05. The number of fused-ring (bicyclic) bond motifs is 1. The molecule has 0 atom stereocenters. The van der Waals surface area contributed by atoms with Gasteiger partial charge in [-0.25, -0.2) is 4.98 Å². The van der Waals surface area contributed by atoms with Gasteiger partial charge in [-0.2, -0.15) is 5.26 Å². The molecule has 0 amide bonds. The van der Waals surface area contributed by atoms with E-state index in [-0.39, 0.29) is 5.60 Å². The van der Waals surface area contributed by atoms with E-state index in [9.17, 15) is 5.26 Å². The van der Waals surface area contributed by atoms with E-state index in [2.05, 4.69) is 32.2 Å². The van der Waals surface area contributed by atoms with Crippen LogP contribution in [-0.2, 0) is 24.2 Å². The Hall–Kier alpha value is -1.64. The summed E-state index contributed by atoms with van der Waals surface area (Å²) in [7, 11) is 0. The molecule has 3 N–H and O–H groups in total. The van der Waals surface area contributed by atoms with Gasteiger partial charge in [0.25, 0.3) is 0 Å². The summed E-state index contributed by atoms with van der Waals surface area (Å²) in [5, 5.41) is 12.8. The number of hydrogen-bond donors (Lipinski definition) is 2. The molecular weight excluding hydrogens is 276 g/mol. The number of anilines is 1. The molecule has 0 aliphatic carbocycles. The quantitative estimate of drug-likeness (QED) is 0.843. The molecule has 1 aromatic heterocycles. The highest BCUT2D eigenvalue weighted by molar-refractivity contribution is 5.60. The predicted molar refractivity (Wildman–Crippen MR) is 87.7 cm³/mol. The number of unbranched alkanes of at least 4 members (excludes halogenated alkanes) is 1. The van der Waals surface area contributed by atoms with Gasteiger partial charge in [0.05, 0.1) is 17.8 Å². The van der Waals surface area contributed by atoms with Gasteiger partial charge in [-0.3, -0.25) is 0 Å². The number of nitriles is 1. The lowest BCUT2D eigenvalue weighted by Crippen LogP contribution is -2.33. The SMILES string of the molecule is CCCCc1nc(NCCN)c(C#N)c2c1COC(C)(C)C2. The molecule has 0 saturated carbocycles. The highest BCUT2D eigenvalue weighted by atomic mass is 16.5. The van der Waals surface area contributed by atoms with Gasteiger partial charge in [0, 0.05) is 30.8 Å². The number of aryl methyl sites for hydroxylation is 1. The maximum atomic E-state index is 9.61. The van der Waals surface area contributed by atoms with E-state index in [0.717, 1.165) is 42.5 Å². The van der Waals surface area contributed by atoms with Crippen molar-refractivity contribution < 1.29 is 4.74 Å². The molecule has 2 heterocycles. The van der Waals surface area contributed by atoms with Gasteiger partial charge in [-0.15, -0.1) is 0 Å². The Balaban J connectivity index is 2.50. The summed E-state index contributed by atoms with van der Waals surface area (Å²) in [5.41, 5.74) is 9.25. The van der Waals surface area contributed by atoms with Crippen molar-refractivity contribution in [2.45, 2.75) is 58.7 Å². The summed E-state index contributed by atoms with van der Waals surface area (Å²) in [6.07, 6.45) is 3.87. The summed E-state index contributed by atoms with van der Waals surface area (Å²) >= 11 is 0. The van der Waals surface area contributed by atoms with Gasteiger partial charge in [0.15, 0.2) is 0 Å². The predicted octanol–water partition coefficient (Wildman–Crippen LogP) is 2.52. The van der Waals surface area contributed by atoms with Crippen LogP contribution in [0, 0.1) is 11.3 Å². The van der Waals surface area contributed by atoms with Gasteiger partial charge in [-0.1, -0.05) is 13.3 Å². The van der Waals surface area contributed by atoms with Gasteiger partial charge >= 0.3 is 0 Å². The number of hydrogen-bond acceptors (Lipinski definition) is 5. The Bertz CT molecular complexity index is 575. The lowest BCUT2D eigenvalue weighted by molar-refractivity contribution is -0.0407. The molecule has 1 aliphatic heterocycles. The Morgan fingerprint density at radius 3 is 2.82 bits per heavy atom. The zero-order valence-electron chi connectivity index (χ0n) is 13.8. The third kappa shape index (κ3) is 3.57. The maximum absolute atomic E-state index is 9.61. The molecule has 1 aromatic rings. The van der Waals surface area contributed by atoms with Crippen LogP contribution in [0.3, 0.4) is 0 Å². The molecule has 5 heteroatoms. The highest BCUT2D eigenvalue weighted by Gasteiger charge is 2.31. The average Bonchev–Trinajstić information content (AvgIpc) is 2.49. The van der Waals surface area contributed by atoms with Crippen LogP contribution >= 0.6 is 0 Å². The minimum atomic E-state index is -0.243. The van der Waals surface area contributed by atoms with Crippen LogP contribution in [0.25, 0.3) is 0 Å². The largest absolute Gasteiger partial charge is 0.370 e. The van der Waals surface area contributed by atoms with E-state index >= 15 is 0 Å². The average molecular weight is 302 g/mol. The monoisotopic (exact) mass is 302 g/mol. The van der Waals surface area contributed by atoms with Crippen LogP contribution in [0.4, 0.5) is 5.82 Å². The highest BCUT2D eigenvalue weighted by Crippen LogP contribution is 2.34. The third-order valence-corrected chi connectivity index (χ3v) is 4.02. The Kier molecular flexibility index (Phi) is 5.38. The van der Waals surface area contributed by atoms with E-state index in [1.165, 1.54) is 0 Å². The summed E-state index contributed by atoms with van der Waals surface area (Å²) in [4.78, 5) is 4.71. The van der Waals surface area contributed by atoms with Crippen LogP contribution in [0.2, 0.25) is 0 Å². The van der Waals surface area contributed by atoms with Crippen molar-refractivity contribution >= 4 is 5.82 Å². The number of aromatic nitrogens is 1. The smallest absolute Gasteiger partial charge is 0.144 e. The number of nitrogens with one attached hydrogen (secondary N) is 1. The van der Waals surface area contributed by atoms with Crippen molar-refractivity contribution in [1.82, 2.24) is 4.98 Å². The van der Waals surface area contributed by atoms with Crippen molar-refractivity contribution in [3.05, 3.63) is 22.4 Å². The molecule has 0 unspecified atom stereocenters. The van der Waals surface area contributed by atoms with E-state index in [1.54, 1.807) is 0 Å². The molecule has 2 rings (SSSR count). The summed E-state index contributed by atoms with van der Waals surface area (Å²) < 4.78 is 5.94. The first-order valence-corrected chi connectivity index (χ1v) is 8.05. The molecule has 0 radical (unpaired) electrons. The standard InChI is InChI=1S/C17H26N4O/c1-4-5-6-15-14-11-22-17(2,3)9-12(14)13(10-19)16(21-15)20-8-7-18/h4-9,11,18H2,1-3H3,(H,20,21). The molecule has 1 aliphatic rings. The van der Waals surface area contributed by atoms with E-state index in [1.807, 2.05) is 0 Å². The van der Waals surface area contributed by atoms with Gasteiger partial charge in [-0.05, 0) is 32.3 Å². The van der Waals surface area contributed by atoms with Crippen molar-refractivity contribution in [2.75, 3.05) is 18.4 Å². The van der Waals surface area contributed by atoms with Crippen LogP contribution in [0.1, 0.15) is 56.0 Å². The molecule has 0 bridgehead atoms. The van der Waals surface area contributed by atoms with Crippen molar-refractivity contribution in [3.8, 4) is 6.07 Å². The number of nitrogens with two attached hydrogens (primary N) is 1. The second-order valence-corrected chi connectivity index (χ2v) is 6.40. The van der Waals surface area contributed by atoms with Crippen LogP contribution in [-0.4, -0.2) is 23.7 Å². The van der Waals surface area contributed by atoms with Crippen molar-refractivity contribution in [1.29, 1.82) is 5.26 Å². The topological polar surface area (TPSA) is 84.0 Å². The lowest BCUT2D eigenvalue weighted by Gasteiger charge is -2.33. The zero-order chi connectivity index (χ0) is 16.2. The first kappa shape index (κ1) is 16.7. The molecule has 120 valence electrons. The summed E-state index contributed by atoms with van der Waals surface area (Å²) in [6.45, 7) is 7.98. The second kappa shape index (κ2) is 7.08. The van der Waals surface area contributed by atoms with Crippen LogP contribution in [0.5, 0.6) is 0 Å². The van der Waals surface area contributed by atoms with Gasteiger partial charge < -0.3 is 15.8 Å². The fourth-order valence-corrected chi connectivity index (χ4v) is 2.83. The Morgan fingerprint density at radius 1 is 1.41 bits per heavy atom. The fourth-order valence-electron chi connectivity index (χ4n) is 2.83. The normalized spacial score (nSPS) is 16.0. The van der Waals surface area contributed by atoms with Gasteiger partial charge in [0.1, 0.15) is 11.9 Å². The van der Waals surface area contributed by atoms with Crippen LogP contribution < -0.4 is 11.1 Å². The van der Waals surface area contributed by atoms with Crippen molar-refractivity contribution in [2.24, 2.45) is 5.73 Å². The first-order chi connectivity index (χ1) is 10.5. The van der Waals surface area contributed by atoms with E-state index in [4.69, 9.17) is 15.5 Å². The number of rotatable bonds is 6. The minimum absolute atomic E-state index is 0.243. The maximum Gasteiger partial charge on any atom is 0.144 e.